The maximum absolute atomic E-state index is 6.35. The van der Waals surface area contributed by atoms with Crippen LogP contribution in [0.15, 0.2) is 48.5 Å². The summed E-state index contributed by atoms with van der Waals surface area (Å²) < 4.78 is 6.35. The van der Waals surface area contributed by atoms with Crippen LogP contribution in [0.2, 0.25) is 0 Å². The van der Waals surface area contributed by atoms with E-state index in [2.05, 4.69) is 90.1 Å². The summed E-state index contributed by atoms with van der Waals surface area (Å²) in [5.41, 5.74) is 5.35. The maximum atomic E-state index is 6.35. The molecule has 4 rings (SSSR count). The molecule has 25 heavy (non-hydrogen) atoms. The Morgan fingerprint density at radius 1 is 0.680 bits per heavy atom. The first-order valence-corrected chi connectivity index (χ1v) is 9.05. The third-order valence-electron chi connectivity index (χ3n) is 5.17. The minimum absolute atomic E-state index is 0.105. The summed E-state index contributed by atoms with van der Waals surface area (Å²) in [6, 6.07) is 17.6. The second-order valence-electron chi connectivity index (χ2n) is 9.15. The van der Waals surface area contributed by atoms with Gasteiger partial charge in [0.1, 0.15) is 11.5 Å². The molecule has 0 radical (unpaired) electrons. The van der Waals surface area contributed by atoms with Gasteiger partial charge in [-0.1, -0.05) is 77.9 Å². The quantitative estimate of drug-likeness (QED) is 0.331. The Morgan fingerprint density at radius 3 is 2.08 bits per heavy atom. The van der Waals surface area contributed by atoms with E-state index in [0.29, 0.717) is 0 Å². The lowest BCUT2D eigenvalue weighted by Gasteiger charge is -2.28. The summed E-state index contributed by atoms with van der Waals surface area (Å²) in [6.07, 6.45) is 0. The van der Waals surface area contributed by atoms with Crippen LogP contribution in [-0.4, -0.2) is 0 Å². The summed E-state index contributed by atoms with van der Waals surface area (Å²) in [6.45, 7) is 13.5. The predicted octanol–water partition coefficient (Wildman–Crippen LogP) is 7.21. The fourth-order valence-corrected chi connectivity index (χ4v) is 3.75. The zero-order valence-corrected chi connectivity index (χ0v) is 16.0. The Kier molecular flexibility index (Phi) is 3.31. The SMILES string of the molecule is CC(C)(C)c1ccc2c(c1)Oc1cccc3c(C(C)(C)C)ccc-2c13. The highest BCUT2D eigenvalue weighted by molar-refractivity contribution is 6.05. The lowest BCUT2D eigenvalue weighted by Crippen LogP contribution is -2.13. The number of benzene rings is 3. The number of fused-ring (bicyclic) bond motifs is 2. The van der Waals surface area contributed by atoms with Crippen LogP contribution in [0.5, 0.6) is 11.5 Å². The van der Waals surface area contributed by atoms with Crippen molar-refractivity contribution in [3.63, 3.8) is 0 Å². The minimum atomic E-state index is 0.105. The monoisotopic (exact) mass is 330 g/mol. The summed E-state index contributed by atoms with van der Waals surface area (Å²) in [5, 5.41) is 2.54. The van der Waals surface area contributed by atoms with E-state index in [0.717, 1.165) is 11.5 Å². The van der Waals surface area contributed by atoms with Gasteiger partial charge in [-0.15, -0.1) is 0 Å². The highest BCUT2D eigenvalue weighted by Crippen LogP contribution is 2.49. The normalized spacial score (nSPS) is 13.5. The highest BCUT2D eigenvalue weighted by atomic mass is 16.5. The first kappa shape index (κ1) is 16.2. The molecule has 3 aromatic rings. The van der Waals surface area contributed by atoms with Crippen molar-refractivity contribution >= 4 is 10.8 Å². The van der Waals surface area contributed by atoms with E-state index in [-0.39, 0.29) is 10.8 Å². The van der Waals surface area contributed by atoms with Crippen LogP contribution in [-0.2, 0) is 10.8 Å². The molecule has 0 atom stereocenters. The van der Waals surface area contributed by atoms with Crippen LogP contribution in [0.4, 0.5) is 0 Å². The topological polar surface area (TPSA) is 9.23 Å². The second-order valence-corrected chi connectivity index (χ2v) is 9.15. The fraction of sp³-hybridized carbons (Fsp3) is 0.333. The number of hydrogen-bond donors (Lipinski definition) is 0. The van der Waals surface area contributed by atoms with E-state index >= 15 is 0 Å². The van der Waals surface area contributed by atoms with Gasteiger partial charge in [0.05, 0.1) is 0 Å². The van der Waals surface area contributed by atoms with Gasteiger partial charge in [0.15, 0.2) is 0 Å². The molecule has 128 valence electrons. The molecule has 1 heteroatoms. The first-order chi connectivity index (χ1) is 11.7. The van der Waals surface area contributed by atoms with Crippen molar-refractivity contribution in [2.45, 2.75) is 52.4 Å². The Balaban J connectivity index is 2.01. The standard InChI is InChI=1S/C24H26O/c1-23(2,3)15-10-11-16-17-12-13-19(24(4,5)6)18-8-7-9-20(22(17)18)25-21(16)14-15/h7-14H,1-6H3. The van der Waals surface area contributed by atoms with E-state index in [9.17, 15) is 0 Å². The molecular formula is C24H26O. The molecule has 1 heterocycles. The van der Waals surface area contributed by atoms with Gasteiger partial charge in [0.2, 0.25) is 0 Å². The van der Waals surface area contributed by atoms with E-state index in [1.165, 1.54) is 33.0 Å². The molecule has 0 aliphatic carbocycles. The lowest BCUT2D eigenvalue weighted by molar-refractivity contribution is 0.482. The minimum Gasteiger partial charge on any atom is -0.456 e. The third kappa shape index (κ3) is 2.54. The molecule has 0 N–H and O–H groups in total. The second kappa shape index (κ2) is 5.11. The average Bonchev–Trinajstić information content (AvgIpc) is 2.52. The summed E-state index contributed by atoms with van der Waals surface area (Å²) >= 11 is 0. The molecule has 3 aromatic carbocycles. The van der Waals surface area contributed by atoms with E-state index in [1.807, 2.05) is 0 Å². The van der Waals surface area contributed by atoms with Gasteiger partial charge >= 0.3 is 0 Å². The Morgan fingerprint density at radius 2 is 1.40 bits per heavy atom. The van der Waals surface area contributed by atoms with Crippen molar-refractivity contribution in [3.8, 4) is 22.6 Å². The van der Waals surface area contributed by atoms with Crippen molar-refractivity contribution in [2.75, 3.05) is 0 Å². The zero-order valence-electron chi connectivity index (χ0n) is 16.0. The molecule has 0 spiro atoms. The molecule has 1 aliphatic rings. The largest absolute Gasteiger partial charge is 0.456 e. The molecule has 0 amide bonds. The van der Waals surface area contributed by atoms with Crippen molar-refractivity contribution in [1.29, 1.82) is 0 Å². The maximum Gasteiger partial charge on any atom is 0.135 e. The molecule has 0 aromatic heterocycles. The highest BCUT2D eigenvalue weighted by Gasteiger charge is 2.26. The van der Waals surface area contributed by atoms with Gasteiger partial charge in [-0.25, -0.2) is 0 Å². The fourth-order valence-electron chi connectivity index (χ4n) is 3.75. The Hall–Kier alpha value is -2.28. The summed E-state index contributed by atoms with van der Waals surface area (Å²) in [5.74, 6) is 1.94. The number of rotatable bonds is 0. The summed E-state index contributed by atoms with van der Waals surface area (Å²) in [4.78, 5) is 0. The molecule has 1 aliphatic heterocycles. The van der Waals surface area contributed by atoms with E-state index in [4.69, 9.17) is 4.74 Å². The molecule has 0 fully saturated rings. The molecule has 1 nitrogen and oxygen atoms in total. The van der Waals surface area contributed by atoms with Gasteiger partial charge in [-0.2, -0.15) is 0 Å². The first-order valence-electron chi connectivity index (χ1n) is 9.05. The van der Waals surface area contributed by atoms with Crippen LogP contribution in [0, 0.1) is 0 Å². The van der Waals surface area contributed by atoms with Gasteiger partial charge < -0.3 is 4.74 Å². The molecule has 0 bridgehead atoms. The zero-order chi connectivity index (χ0) is 18.0. The Labute approximate surface area is 150 Å². The average molecular weight is 330 g/mol. The van der Waals surface area contributed by atoms with Gasteiger partial charge in [0, 0.05) is 10.9 Å². The van der Waals surface area contributed by atoms with Crippen LogP contribution in [0.25, 0.3) is 21.9 Å². The molecule has 0 saturated heterocycles. The van der Waals surface area contributed by atoms with Crippen molar-refractivity contribution in [2.24, 2.45) is 0 Å². The van der Waals surface area contributed by atoms with Crippen LogP contribution < -0.4 is 4.74 Å². The van der Waals surface area contributed by atoms with Gasteiger partial charge in [0.25, 0.3) is 0 Å². The summed E-state index contributed by atoms with van der Waals surface area (Å²) in [7, 11) is 0. The van der Waals surface area contributed by atoms with E-state index < -0.39 is 0 Å². The van der Waals surface area contributed by atoms with Crippen molar-refractivity contribution in [1.82, 2.24) is 0 Å². The van der Waals surface area contributed by atoms with Crippen molar-refractivity contribution < 1.29 is 4.74 Å². The van der Waals surface area contributed by atoms with Crippen LogP contribution in [0.3, 0.4) is 0 Å². The number of hydrogen-bond acceptors (Lipinski definition) is 1. The van der Waals surface area contributed by atoms with Crippen LogP contribution >= 0.6 is 0 Å². The van der Waals surface area contributed by atoms with Gasteiger partial charge in [-0.05, 0) is 45.0 Å². The van der Waals surface area contributed by atoms with Gasteiger partial charge in [-0.3, -0.25) is 0 Å². The third-order valence-corrected chi connectivity index (χ3v) is 5.17. The Bertz CT molecular complexity index is 981. The molecular weight excluding hydrogens is 304 g/mol. The molecule has 0 unspecified atom stereocenters. The van der Waals surface area contributed by atoms with Crippen LogP contribution in [0.1, 0.15) is 52.7 Å². The number of ether oxygens (including phenoxy) is 1. The van der Waals surface area contributed by atoms with E-state index in [1.54, 1.807) is 0 Å². The molecule has 0 saturated carbocycles. The van der Waals surface area contributed by atoms with Crippen molar-refractivity contribution in [3.05, 3.63) is 59.7 Å². The smallest absolute Gasteiger partial charge is 0.135 e. The predicted molar refractivity (Wildman–Crippen MR) is 107 cm³/mol. The lowest BCUT2D eigenvalue weighted by atomic mass is 9.80.